The summed E-state index contributed by atoms with van der Waals surface area (Å²) in [6, 6.07) is 18.9. The van der Waals surface area contributed by atoms with Crippen molar-refractivity contribution >= 4 is 37.1 Å². The van der Waals surface area contributed by atoms with Gasteiger partial charge in [-0.2, -0.15) is 0 Å². The summed E-state index contributed by atoms with van der Waals surface area (Å²) in [5.74, 6) is -0.265. The van der Waals surface area contributed by atoms with Crippen molar-refractivity contribution in [1.29, 1.82) is 0 Å². The fraction of sp³-hybridized carbons (Fsp3) is 0.280. The summed E-state index contributed by atoms with van der Waals surface area (Å²) in [7, 11) is -2.93. The van der Waals surface area contributed by atoms with Gasteiger partial charge in [0, 0.05) is 40.3 Å². The molecule has 0 amide bonds. The summed E-state index contributed by atoms with van der Waals surface area (Å²) >= 11 is 0. The molecule has 0 radical (unpaired) electrons. The van der Waals surface area contributed by atoms with Crippen LogP contribution in [0, 0.1) is 5.82 Å². The second kappa shape index (κ2) is 10.1. The molecule has 1 aliphatic heterocycles. The van der Waals surface area contributed by atoms with E-state index in [1.54, 1.807) is 24.3 Å². The predicted octanol–water partition coefficient (Wildman–Crippen LogP) is 3.59. The van der Waals surface area contributed by atoms with Gasteiger partial charge in [0.1, 0.15) is 5.82 Å². The third-order valence-corrected chi connectivity index (χ3v) is 9.56. The first-order chi connectivity index (χ1) is 17.0. The van der Waals surface area contributed by atoms with Gasteiger partial charge in [-0.1, -0.05) is 24.3 Å². The van der Waals surface area contributed by atoms with Gasteiger partial charge in [-0.25, -0.2) is 25.5 Å². The average molecular weight is 533 g/mol. The fourth-order valence-corrected chi connectivity index (χ4v) is 6.23. The van der Waals surface area contributed by atoms with Crippen molar-refractivity contribution in [2.45, 2.75) is 22.3 Å². The highest BCUT2D eigenvalue weighted by atomic mass is 32.2. The summed E-state index contributed by atoms with van der Waals surface area (Å²) in [6.07, 6.45) is 0.785. The Kier molecular flexibility index (Phi) is 7.26. The van der Waals surface area contributed by atoms with E-state index >= 15 is 0 Å². The van der Waals surface area contributed by atoms with E-state index in [1.165, 1.54) is 44.4 Å². The number of sulfonamides is 2. The van der Waals surface area contributed by atoms with E-state index in [0.717, 1.165) is 10.7 Å². The van der Waals surface area contributed by atoms with Crippen LogP contribution < -0.4 is 14.5 Å². The van der Waals surface area contributed by atoms with Gasteiger partial charge >= 0.3 is 0 Å². The molecule has 1 fully saturated rings. The summed E-state index contributed by atoms with van der Waals surface area (Å²) in [5, 5.41) is 0. The van der Waals surface area contributed by atoms with E-state index in [-0.39, 0.29) is 21.7 Å². The summed E-state index contributed by atoms with van der Waals surface area (Å²) < 4.78 is 68.8. The molecule has 1 atom stereocenters. The molecule has 1 heterocycles. The average Bonchev–Trinajstić information content (AvgIpc) is 3.34. The highest BCUT2D eigenvalue weighted by molar-refractivity contribution is 7.92. The van der Waals surface area contributed by atoms with Gasteiger partial charge in [-0.15, -0.1) is 0 Å². The Bertz CT molecular complexity index is 1440. The minimum Gasteiger partial charge on any atom is -0.368 e. The van der Waals surface area contributed by atoms with Gasteiger partial charge in [0.15, 0.2) is 0 Å². The Labute approximate surface area is 212 Å². The minimum atomic E-state index is -3.98. The van der Waals surface area contributed by atoms with Crippen LogP contribution in [0.4, 0.5) is 21.5 Å². The maximum Gasteiger partial charge on any atom is 0.261 e. The number of likely N-dealkylation sites (N-methyl/N-ethyl adjacent to an activating group) is 1. The normalized spacial score (nSPS) is 16.4. The summed E-state index contributed by atoms with van der Waals surface area (Å²) in [5.41, 5.74) is 1.64. The molecule has 1 saturated heterocycles. The third-order valence-electron chi connectivity index (χ3n) is 6.35. The first-order valence-electron chi connectivity index (χ1n) is 11.4. The number of nitrogens with one attached hydrogen (secondary N) is 1. The van der Waals surface area contributed by atoms with Crippen LogP contribution >= 0.6 is 0 Å². The van der Waals surface area contributed by atoms with Crippen LogP contribution in [0.3, 0.4) is 0 Å². The zero-order chi connectivity index (χ0) is 26.1. The van der Waals surface area contributed by atoms with Crippen molar-refractivity contribution in [1.82, 2.24) is 4.31 Å². The van der Waals surface area contributed by atoms with Crippen molar-refractivity contribution < 1.29 is 21.2 Å². The van der Waals surface area contributed by atoms with Crippen LogP contribution in [0.1, 0.15) is 6.42 Å². The minimum absolute atomic E-state index is 0.00669. The van der Waals surface area contributed by atoms with Crippen LogP contribution in [0.15, 0.2) is 82.6 Å². The lowest BCUT2D eigenvalue weighted by atomic mass is 10.2. The number of para-hydroxylation sites is 3. The van der Waals surface area contributed by atoms with Crippen LogP contribution in [0.2, 0.25) is 0 Å². The van der Waals surface area contributed by atoms with Crippen LogP contribution in [-0.4, -0.2) is 61.4 Å². The van der Waals surface area contributed by atoms with E-state index in [9.17, 15) is 21.2 Å². The largest absolute Gasteiger partial charge is 0.368 e. The lowest BCUT2D eigenvalue weighted by Crippen LogP contribution is -2.35. The van der Waals surface area contributed by atoms with Gasteiger partial charge in [0.05, 0.1) is 26.9 Å². The third kappa shape index (κ3) is 5.18. The molecule has 0 saturated carbocycles. The quantitative estimate of drug-likeness (QED) is 0.477. The lowest BCUT2D eigenvalue weighted by molar-refractivity contribution is 0.520. The van der Waals surface area contributed by atoms with Crippen molar-refractivity contribution in [3.8, 4) is 0 Å². The molecule has 36 heavy (non-hydrogen) atoms. The van der Waals surface area contributed by atoms with Gasteiger partial charge < -0.3 is 9.80 Å². The van der Waals surface area contributed by atoms with E-state index < -0.39 is 20.0 Å². The van der Waals surface area contributed by atoms with Crippen molar-refractivity contribution in [2.24, 2.45) is 0 Å². The molecule has 1 N–H and O–H groups in total. The topological polar surface area (TPSA) is 90.0 Å². The molecule has 4 rings (SSSR count). The van der Waals surface area contributed by atoms with Crippen molar-refractivity contribution in [3.05, 3.63) is 78.6 Å². The number of rotatable bonds is 8. The Morgan fingerprint density at radius 3 is 2.14 bits per heavy atom. The second-order valence-electron chi connectivity index (χ2n) is 8.83. The van der Waals surface area contributed by atoms with Gasteiger partial charge in [0.25, 0.3) is 10.0 Å². The molecule has 3 aromatic rings. The number of benzene rings is 3. The Morgan fingerprint density at radius 2 is 1.47 bits per heavy atom. The number of hydrogen-bond donors (Lipinski definition) is 1. The number of anilines is 3. The smallest absolute Gasteiger partial charge is 0.261 e. The molecule has 1 aliphatic rings. The molecular weight excluding hydrogens is 503 g/mol. The molecule has 0 aromatic heterocycles. The van der Waals surface area contributed by atoms with Crippen LogP contribution in [0.25, 0.3) is 0 Å². The highest BCUT2D eigenvalue weighted by Crippen LogP contribution is 2.32. The Hall–Kier alpha value is -3.15. The molecular formula is C25H29FN4O4S2. The maximum absolute atomic E-state index is 14.3. The van der Waals surface area contributed by atoms with Gasteiger partial charge in [-0.3, -0.25) is 4.72 Å². The van der Waals surface area contributed by atoms with Gasteiger partial charge in [0.2, 0.25) is 10.0 Å². The molecule has 11 heteroatoms. The molecule has 0 spiro atoms. The lowest BCUT2D eigenvalue weighted by Gasteiger charge is -2.29. The van der Waals surface area contributed by atoms with Gasteiger partial charge in [-0.05, 0) is 55.0 Å². The zero-order valence-corrected chi connectivity index (χ0v) is 21.9. The van der Waals surface area contributed by atoms with E-state index in [4.69, 9.17) is 0 Å². The molecule has 0 bridgehead atoms. The van der Waals surface area contributed by atoms with E-state index in [0.29, 0.717) is 30.2 Å². The molecule has 0 aliphatic carbocycles. The molecule has 192 valence electrons. The molecule has 3 aromatic carbocycles. The summed E-state index contributed by atoms with van der Waals surface area (Å²) in [6.45, 7) is 1.28. The van der Waals surface area contributed by atoms with E-state index in [2.05, 4.69) is 4.72 Å². The first kappa shape index (κ1) is 25.9. The Morgan fingerprint density at radius 1 is 0.861 bits per heavy atom. The number of nitrogens with zero attached hydrogens (tertiary/aromatic N) is 3. The van der Waals surface area contributed by atoms with E-state index in [1.807, 2.05) is 35.0 Å². The zero-order valence-electron chi connectivity index (χ0n) is 20.3. The number of halogens is 1. The first-order valence-corrected chi connectivity index (χ1v) is 14.3. The van der Waals surface area contributed by atoms with Crippen LogP contribution in [0.5, 0.6) is 0 Å². The Balaban J connectivity index is 1.54. The maximum atomic E-state index is 14.3. The fourth-order valence-electron chi connectivity index (χ4n) is 4.25. The summed E-state index contributed by atoms with van der Waals surface area (Å²) in [4.78, 5) is 3.95. The highest BCUT2D eigenvalue weighted by Gasteiger charge is 2.29. The van der Waals surface area contributed by atoms with Crippen LogP contribution in [-0.2, 0) is 20.0 Å². The SMILES string of the molecule is CN(c1ccccc1NS(=O)(=O)c1ccc(S(=O)(=O)N(C)C)cc1)C1CCN(c2ccccc2F)C1. The van der Waals surface area contributed by atoms with Crippen molar-refractivity contribution in [3.63, 3.8) is 0 Å². The molecule has 1 unspecified atom stereocenters. The monoisotopic (exact) mass is 532 g/mol. The number of hydrogen-bond acceptors (Lipinski definition) is 6. The molecule has 8 nitrogen and oxygen atoms in total. The van der Waals surface area contributed by atoms with Crippen molar-refractivity contribution in [2.75, 3.05) is 48.8 Å². The predicted molar refractivity (Wildman–Crippen MR) is 140 cm³/mol. The standard InChI is InChI=1S/C25H29FN4O4S2/c1-28(2)36(33,34)21-14-12-20(13-15-21)35(31,32)27-23-9-5-7-11-25(23)29(3)19-16-17-30(18-19)24-10-6-4-8-22(24)26/h4-15,19,27H,16-18H2,1-3H3. The second-order valence-corrected chi connectivity index (χ2v) is 12.7.